The highest BCUT2D eigenvalue weighted by atomic mass is 14.4. The molecule has 2 N–H and O–H groups in total. The van der Waals surface area contributed by atoms with E-state index in [9.17, 15) is 0 Å². The minimum absolute atomic E-state index is 0.500. The Hall–Kier alpha value is 0.0249. The van der Waals surface area contributed by atoms with Crippen LogP contribution in [0.15, 0.2) is 0 Å². The van der Waals surface area contributed by atoms with Crippen LogP contribution in [0, 0.1) is 0 Å². The fourth-order valence-electron chi connectivity index (χ4n) is 0. The van der Waals surface area contributed by atoms with Crippen LogP contribution in [0.25, 0.3) is 0 Å². The molecule has 1 nitrogen and oxygen atoms in total. The molecule has 0 saturated heterocycles. The molecule has 5 heavy (non-hydrogen) atoms. The van der Waals surface area contributed by atoms with Gasteiger partial charge in [-0.25, -0.2) is 0 Å². The second-order valence-corrected chi connectivity index (χ2v) is 2.73. The lowest BCUT2D eigenvalue weighted by Crippen LogP contribution is -2.32. The van der Waals surface area contributed by atoms with Crippen molar-refractivity contribution in [1.29, 1.82) is 0 Å². The van der Waals surface area contributed by atoms with Crippen molar-refractivity contribution in [1.82, 2.24) is 0 Å². The molecule has 0 fully saturated rings. The Morgan fingerprint density at radius 3 is 1.20 bits per heavy atom. The average molecular weight is 71.9 g/mol. The molecule has 0 bridgehead atoms. The molecule has 0 aliphatic rings. The lowest BCUT2D eigenvalue weighted by atomic mass is 9.43. The highest BCUT2D eigenvalue weighted by Gasteiger charge is 1.91. The van der Waals surface area contributed by atoms with E-state index in [1.807, 2.05) is 20.5 Å². The zero-order valence-electron chi connectivity index (χ0n) is 4.15. The van der Waals surface area contributed by atoms with Crippen LogP contribution in [0.2, 0.25) is 20.5 Å². The Balaban J connectivity index is 3.02. The molecule has 0 aromatic carbocycles. The monoisotopic (exact) mass is 72.1 g/mol. The van der Waals surface area contributed by atoms with Crippen molar-refractivity contribution in [2.75, 3.05) is 0 Å². The van der Waals surface area contributed by atoms with E-state index in [0.29, 0.717) is 0 Å². The maximum atomic E-state index is 5.42. The summed E-state index contributed by atoms with van der Waals surface area (Å²) in [6.07, 6.45) is -0.500. The van der Waals surface area contributed by atoms with Gasteiger partial charge < -0.3 is 5.64 Å². The molecule has 0 aliphatic heterocycles. The van der Waals surface area contributed by atoms with Gasteiger partial charge in [0.1, 0.15) is 0 Å². The van der Waals surface area contributed by atoms with Gasteiger partial charge in [-0.05, 0) is 0 Å². The summed E-state index contributed by atoms with van der Waals surface area (Å²) in [5.74, 6) is 0. The first kappa shape index (κ1) is 5.02. The van der Waals surface area contributed by atoms with Crippen LogP contribution in [0.1, 0.15) is 0 Å². The minimum Gasteiger partial charge on any atom is -0.502 e. The summed E-state index contributed by atoms with van der Waals surface area (Å²) < 4.78 is 0. The summed E-state index contributed by atoms with van der Waals surface area (Å²) in [4.78, 5) is 0. The van der Waals surface area contributed by atoms with Gasteiger partial charge in [0.2, 0.25) is 0 Å². The third-order valence-corrected chi connectivity index (χ3v) is 0. The molecule has 0 amide bonds. The van der Waals surface area contributed by atoms with Gasteiger partial charge in [-0.2, -0.15) is 20.5 Å². The molecule has 0 aromatic rings. The highest BCUT2D eigenvalue weighted by Crippen LogP contribution is 1.83. The lowest BCUT2D eigenvalue weighted by Gasteiger charge is -2.12. The fraction of sp³-hybridized carbons (Fsp3) is 1.00. The number of nitrogens with two attached hydrogens (primary N) is 1. The van der Waals surface area contributed by atoms with Gasteiger partial charge in [-0.1, -0.05) is 0 Å². The molecular weight excluding hydrogens is 60.9 g/mol. The quantitative estimate of drug-likeness (QED) is 0.420. The van der Waals surface area contributed by atoms with Gasteiger partial charge in [-0.3, -0.25) is 0 Å². The van der Waals surface area contributed by atoms with Crippen LogP contribution in [0.4, 0.5) is 0 Å². The van der Waals surface area contributed by atoms with Crippen molar-refractivity contribution in [2.24, 2.45) is 5.64 Å². The Labute approximate surface area is 33.5 Å². The van der Waals surface area contributed by atoms with Crippen LogP contribution >= 0.6 is 0 Å². The molecule has 0 atom stereocenters. The molecule has 0 saturated carbocycles. The molecule has 32 valence electrons. The predicted molar refractivity (Wildman–Crippen MR) is 27.5 cm³/mol. The molecule has 0 aliphatic carbocycles. The minimum atomic E-state index is -0.500. The Kier molecular flexibility index (Phi) is 1.02. The number of hydrogen-bond donors (Lipinski definition) is 1. The van der Waals surface area contributed by atoms with Gasteiger partial charge in [-0.15, -0.1) is 0 Å². The van der Waals surface area contributed by atoms with Crippen LogP contribution in [-0.2, 0) is 0 Å². The first-order valence-electron chi connectivity index (χ1n) is 2.07. The maximum absolute atomic E-state index is 5.42. The zero-order valence-corrected chi connectivity index (χ0v) is 4.15. The number of hydrogen-bond acceptors (Lipinski definition) is 1. The van der Waals surface area contributed by atoms with Gasteiger partial charge in [0.15, 0.2) is 0 Å². The van der Waals surface area contributed by atoms with Crippen molar-refractivity contribution in [3.63, 3.8) is 0 Å². The molecule has 0 rings (SSSR count). The lowest BCUT2D eigenvalue weighted by molar-refractivity contribution is 1.58. The van der Waals surface area contributed by atoms with Crippen molar-refractivity contribution in [2.45, 2.75) is 20.5 Å². The summed E-state index contributed by atoms with van der Waals surface area (Å²) in [5, 5.41) is 0. The van der Waals surface area contributed by atoms with Crippen molar-refractivity contribution in [3.05, 3.63) is 0 Å². The van der Waals surface area contributed by atoms with E-state index < -0.39 is 6.28 Å². The van der Waals surface area contributed by atoms with Crippen LogP contribution in [-0.4, -0.2) is 6.28 Å². The fourth-order valence-corrected chi connectivity index (χ4v) is 0. The van der Waals surface area contributed by atoms with Crippen molar-refractivity contribution < 1.29 is 0 Å². The van der Waals surface area contributed by atoms with E-state index in [1.165, 1.54) is 0 Å². The summed E-state index contributed by atoms with van der Waals surface area (Å²) >= 11 is 0. The van der Waals surface area contributed by atoms with Crippen molar-refractivity contribution >= 4 is 6.28 Å². The average Bonchev–Trinajstić information content (AvgIpc) is 0.722. The molecule has 2 heteroatoms. The second kappa shape index (κ2) is 1.01. The van der Waals surface area contributed by atoms with Gasteiger partial charge in [0.05, 0.1) is 0 Å². The first-order chi connectivity index (χ1) is 2.00. The molecule has 0 aromatic heterocycles. The predicted octanol–water partition coefficient (Wildman–Crippen LogP) is 0.780. The third kappa shape index (κ3) is 26500. The van der Waals surface area contributed by atoms with Gasteiger partial charge >= 0.3 is 0 Å². The van der Waals surface area contributed by atoms with Crippen LogP contribution in [0.5, 0.6) is 0 Å². The Bertz CT molecular complexity index is 22.4. The Morgan fingerprint density at radius 1 is 1.20 bits per heavy atom. The number of rotatable bonds is 0. The van der Waals surface area contributed by atoms with Gasteiger partial charge in [0.25, 0.3) is 0 Å². The topological polar surface area (TPSA) is 26.0 Å². The second-order valence-electron chi connectivity index (χ2n) is 2.73. The summed E-state index contributed by atoms with van der Waals surface area (Å²) in [6.45, 7) is 6.08. The summed E-state index contributed by atoms with van der Waals surface area (Å²) in [5.41, 5.74) is 5.42. The van der Waals surface area contributed by atoms with E-state index in [4.69, 9.17) is 5.64 Å². The van der Waals surface area contributed by atoms with Crippen LogP contribution < -0.4 is 5.64 Å². The van der Waals surface area contributed by atoms with Crippen molar-refractivity contribution in [3.8, 4) is 0 Å². The maximum Gasteiger partial charge on any atom is 0.0475 e. The van der Waals surface area contributed by atoms with E-state index in [1.54, 1.807) is 0 Å². The highest BCUT2D eigenvalue weighted by molar-refractivity contribution is 6.72. The van der Waals surface area contributed by atoms with Crippen LogP contribution in [0.3, 0.4) is 0 Å². The molecule has 0 unspecified atom stereocenters. The summed E-state index contributed by atoms with van der Waals surface area (Å²) in [7, 11) is 0. The SMILES string of the molecule is C[B-](C)(C)N. The molecule has 0 heterocycles. The van der Waals surface area contributed by atoms with E-state index in [0.717, 1.165) is 0 Å². The van der Waals surface area contributed by atoms with E-state index in [-0.39, 0.29) is 0 Å². The Morgan fingerprint density at radius 2 is 1.20 bits per heavy atom. The smallest absolute Gasteiger partial charge is 0.0475 e. The largest absolute Gasteiger partial charge is 0.502 e. The van der Waals surface area contributed by atoms with Gasteiger partial charge in [0, 0.05) is 6.28 Å². The summed E-state index contributed by atoms with van der Waals surface area (Å²) in [6, 6.07) is 0. The zero-order chi connectivity index (χ0) is 4.50. The molecule has 0 spiro atoms. The standard InChI is InChI=1S/C3H11BN/c1-4(2,3)5/h5H2,1-3H3/q-1. The normalized spacial score (nSPS) is 12.0. The van der Waals surface area contributed by atoms with E-state index >= 15 is 0 Å². The first-order valence-corrected chi connectivity index (χ1v) is 2.07. The molecular formula is C3H11BN-. The van der Waals surface area contributed by atoms with E-state index in [2.05, 4.69) is 0 Å². The molecule has 0 radical (unpaired) electrons. The third-order valence-electron chi connectivity index (χ3n) is 0.